The van der Waals surface area contributed by atoms with Crippen LogP contribution >= 0.6 is 23.5 Å². The van der Waals surface area contributed by atoms with E-state index in [1.54, 1.807) is 35.9 Å². The third kappa shape index (κ3) is 3.81. The molecule has 0 radical (unpaired) electrons. The summed E-state index contributed by atoms with van der Waals surface area (Å²) in [5.74, 6) is 1.66. The maximum atomic E-state index is 5.41. The summed E-state index contributed by atoms with van der Waals surface area (Å²) in [6.07, 6.45) is 3.49. The fourth-order valence-electron chi connectivity index (χ4n) is 6.53. The normalized spacial score (nSPS) is 13.4. The first-order valence-corrected chi connectivity index (χ1v) is 16.6. The van der Waals surface area contributed by atoms with Crippen molar-refractivity contribution in [2.45, 2.75) is 19.6 Å². The first kappa shape index (κ1) is 25.8. The summed E-state index contributed by atoms with van der Waals surface area (Å²) in [5.41, 5.74) is 7.65. The van der Waals surface area contributed by atoms with Crippen LogP contribution in [0.25, 0.3) is 32.8 Å². The first-order valence-electron chi connectivity index (χ1n) is 15.0. The molecular weight excluding hydrogens is 605 g/mol. The van der Waals surface area contributed by atoms with Crippen molar-refractivity contribution >= 4 is 90.7 Å². The van der Waals surface area contributed by atoms with Gasteiger partial charge in [0.25, 0.3) is 0 Å². The molecule has 8 heteroatoms. The topological polar surface area (TPSA) is 58.0 Å². The Kier molecular flexibility index (Phi) is 5.64. The molecule has 5 aromatic carbocycles. The van der Waals surface area contributed by atoms with Crippen molar-refractivity contribution in [2.75, 3.05) is 9.80 Å². The third-order valence-electron chi connectivity index (χ3n) is 8.52. The Morgan fingerprint density at radius 1 is 0.370 bits per heavy atom. The van der Waals surface area contributed by atoms with E-state index in [1.165, 1.54) is 19.6 Å². The number of benzene rings is 5. The molecule has 3 aromatic heterocycles. The fraction of sp³-hybridized carbons (Fsp3) is 0. The quantitative estimate of drug-likeness (QED) is 0.176. The first-order chi connectivity index (χ1) is 22.8. The van der Waals surface area contributed by atoms with E-state index in [4.69, 9.17) is 19.9 Å². The summed E-state index contributed by atoms with van der Waals surface area (Å²) in [7, 11) is 0. The predicted molar refractivity (Wildman–Crippen MR) is 188 cm³/mol. The minimum absolute atomic E-state index is 0.795. The Hall–Kier alpha value is -5.44. The Labute approximate surface area is 272 Å². The smallest absolute Gasteiger partial charge is 0.138 e. The van der Waals surface area contributed by atoms with E-state index in [0.717, 1.165) is 67.2 Å². The highest BCUT2D eigenvalue weighted by atomic mass is 32.2. The molecule has 2 aliphatic rings. The van der Waals surface area contributed by atoms with Gasteiger partial charge in [0, 0.05) is 42.7 Å². The Balaban J connectivity index is 1.26. The lowest BCUT2D eigenvalue weighted by molar-refractivity contribution is 1.12. The van der Waals surface area contributed by atoms with Gasteiger partial charge in [0.05, 0.1) is 33.8 Å². The van der Waals surface area contributed by atoms with Gasteiger partial charge in [-0.15, -0.1) is 0 Å². The number of rotatable bonds is 2. The van der Waals surface area contributed by atoms with Crippen LogP contribution in [0.3, 0.4) is 0 Å². The van der Waals surface area contributed by atoms with Gasteiger partial charge in [-0.2, -0.15) is 0 Å². The van der Waals surface area contributed by atoms with Crippen LogP contribution in [0.4, 0.5) is 34.4 Å². The summed E-state index contributed by atoms with van der Waals surface area (Å²) < 4.78 is 0. The van der Waals surface area contributed by atoms with Crippen molar-refractivity contribution in [3.63, 3.8) is 0 Å². The zero-order valence-electron chi connectivity index (χ0n) is 24.2. The van der Waals surface area contributed by atoms with Crippen molar-refractivity contribution in [3.8, 4) is 0 Å². The molecule has 10 rings (SSSR count). The number of fused-ring (bicyclic) bond motifs is 10. The average molecular weight is 627 g/mol. The van der Waals surface area contributed by atoms with E-state index in [9.17, 15) is 0 Å². The van der Waals surface area contributed by atoms with Gasteiger partial charge in [-0.05, 0) is 72.8 Å². The summed E-state index contributed by atoms with van der Waals surface area (Å²) >= 11 is 3.58. The van der Waals surface area contributed by atoms with E-state index in [-0.39, 0.29) is 0 Å². The predicted octanol–water partition coefficient (Wildman–Crippen LogP) is 10.6. The van der Waals surface area contributed by atoms with Gasteiger partial charge in [-0.25, -0.2) is 9.97 Å². The van der Waals surface area contributed by atoms with Crippen molar-refractivity contribution < 1.29 is 0 Å². The molecule has 0 unspecified atom stereocenters. The second-order valence-electron chi connectivity index (χ2n) is 11.1. The van der Waals surface area contributed by atoms with Gasteiger partial charge in [0.2, 0.25) is 0 Å². The minimum atomic E-state index is 0.795. The number of hydrogen-bond donors (Lipinski definition) is 0. The van der Waals surface area contributed by atoms with Gasteiger partial charge in [-0.1, -0.05) is 72.1 Å². The molecule has 2 aliphatic heterocycles. The van der Waals surface area contributed by atoms with Gasteiger partial charge in [-0.3, -0.25) is 19.8 Å². The third-order valence-corrected chi connectivity index (χ3v) is 10.8. The van der Waals surface area contributed by atoms with Crippen LogP contribution in [-0.4, -0.2) is 19.9 Å². The minimum Gasteiger partial charge on any atom is -0.293 e. The molecule has 0 fully saturated rings. The summed E-state index contributed by atoms with van der Waals surface area (Å²) in [6, 6.07) is 42.4. The van der Waals surface area contributed by atoms with E-state index in [0.29, 0.717) is 0 Å². The largest absolute Gasteiger partial charge is 0.293 e. The van der Waals surface area contributed by atoms with Gasteiger partial charge in [0.1, 0.15) is 22.7 Å². The standard InChI is InChI=1S/C38H22N6S2/c1-5-13-29-25(9-1)43(26-10-2-6-14-30(26)45-29)33-19-17-23-35-36(40-22-21-39-35)24-18-20-34(42-38(24)37(23)41-33)44-27-11-3-7-15-31(27)46-32-16-8-4-12-28(32)44/h1-22H. The molecule has 5 heterocycles. The zero-order valence-corrected chi connectivity index (χ0v) is 25.8. The number of nitrogens with zero attached hydrogens (tertiary/aromatic N) is 6. The molecule has 0 saturated heterocycles. The number of para-hydroxylation sites is 4. The van der Waals surface area contributed by atoms with Crippen LogP contribution in [0.1, 0.15) is 0 Å². The number of hydrogen-bond acceptors (Lipinski definition) is 8. The molecule has 0 atom stereocenters. The van der Waals surface area contributed by atoms with E-state index in [1.807, 2.05) is 0 Å². The number of aromatic nitrogens is 4. The van der Waals surface area contributed by atoms with Crippen LogP contribution < -0.4 is 9.80 Å². The molecular formula is C38H22N6S2. The summed E-state index contributed by atoms with van der Waals surface area (Å²) in [6.45, 7) is 0. The highest BCUT2D eigenvalue weighted by molar-refractivity contribution is 8.00. The highest BCUT2D eigenvalue weighted by Crippen LogP contribution is 2.52. The van der Waals surface area contributed by atoms with Gasteiger partial charge >= 0.3 is 0 Å². The molecule has 0 spiro atoms. The van der Waals surface area contributed by atoms with Crippen LogP contribution in [0.15, 0.2) is 153 Å². The molecule has 0 saturated carbocycles. The highest BCUT2D eigenvalue weighted by Gasteiger charge is 2.28. The summed E-state index contributed by atoms with van der Waals surface area (Å²) in [5, 5.41) is 1.85. The van der Waals surface area contributed by atoms with Gasteiger partial charge in [0.15, 0.2) is 0 Å². The monoisotopic (exact) mass is 626 g/mol. The SMILES string of the molecule is c1ccc2c(c1)Sc1ccccc1N2c1ccc2c3nccnc3c3ccc(N4c5ccccc5Sc5ccccc54)nc3c2n1. The number of pyridine rings is 2. The lowest BCUT2D eigenvalue weighted by Crippen LogP contribution is -2.16. The van der Waals surface area contributed by atoms with Crippen molar-refractivity contribution in [1.82, 2.24) is 19.9 Å². The molecule has 8 aromatic rings. The van der Waals surface area contributed by atoms with Gasteiger partial charge < -0.3 is 0 Å². The zero-order chi connectivity index (χ0) is 30.2. The van der Waals surface area contributed by atoms with Crippen LogP contribution in [0.2, 0.25) is 0 Å². The number of anilines is 6. The Morgan fingerprint density at radius 3 is 1.09 bits per heavy atom. The molecule has 216 valence electrons. The molecule has 0 bridgehead atoms. The Bertz CT molecular complexity index is 2270. The second-order valence-corrected chi connectivity index (χ2v) is 13.3. The fourth-order valence-corrected chi connectivity index (χ4v) is 8.64. The van der Waals surface area contributed by atoms with Crippen molar-refractivity contribution in [2.24, 2.45) is 0 Å². The van der Waals surface area contributed by atoms with E-state index in [2.05, 4.69) is 131 Å². The molecule has 6 nitrogen and oxygen atoms in total. The Morgan fingerprint density at radius 2 is 0.717 bits per heavy atom. The molecule has 46 heavy (non-hydrogen) atoms. The van der Waals surface area contributed by atoms with Crippen LogP contribution in [0.5, 0.6) is 0 Å². The maximum absolute atomic E-state index is 5.41. The molecule has 0 amide bonds. The second kappa shape index (κ2) is 10.0. The van der Waals surface area contributed by atoms with Crippen molar-refractivity contribution in [3.05, 3.63) is 134 Å². The average Bonchev–Trinajstić information content (AvgIpc) is 3.12. The lowest BCUT2D eigenvalue weighted by atomic mass is 10.1. The van der Waals surface area contributed by atoms with Crippen LogP contribution in [0, 0.1) is 0 Å². The van der Waals surface area contributed by atoms with E-state index >= 15 is 0 Å². The molecule has 0 N–H and O–H groups in total. The summed E-state index contributed by atoms with van der Waals surface area (Å²) in [4.78, 5) is 29.7. The molecule has 0 aliphatic carbocycles. The lowest BCUT2D eigenvalue weighted by Gasteiger charge is -2.32. The van der Waals surface area contributed by atoms with Crippen LogP contribution in [-0.2, 0) is 0 Å². The van der Waals surface area contributed by atoms with Crippen molar-refractivity contribution in [1.29, 1.82) is 0 Å². The maximum Gasteiger partial charge on any atom is 0.138 e. The van der Waals surface area contributed by atoms with E-state index < -0.39 is 0 Å².